The number of imidazole rings is 1. The lowest BCUT2D eigenvalue weighted by Gasteiger charge is -2.33. The summed E-state index contributed by atoms with van der Waals surface area (Å²) in [5.74, 6) is 0.469. The fraction of sp³-hybridized carbons (Fsp3) is 0.529. The highest BCUT2D eigenvalue weighted by atomic mass is 35.5. The van der Waals surface area contributed by atoms with Crippen molar-refractivity contribution in [2.75, 3.05) is 32.8 Å². The molecule has 1 atom stereocenters. The predicted octanol–water partition coefficient (Wildman–Crippen LogP) is 2.54. The van der Waals surface area contributed by atoms with E-state index < -0.39 is 0 Å². The molecule has 3 rings (SSSR count). The SMILES string of the molecule is CC(C)CN1CCOC(CNC(=O)/C=C/c2c(Cl)nc3sccn23)C1. The molecule has 1 N–H and O–H groups in total. The van der Waals surface area contributed by atoms with Crippen LogP contribution in [0.25, 0.3) is 11.0 Å². The second kappa shape index (κ2) is 8.31. The molecule has 1 saturated heterocycles. The van der Waals surface area contributed by atoms with Gasteiger partial charge in [-0.2, -0.15) is 0 Å². The lowest BCUT2D eigenvalue weighted by Crippen LogP contribution is -2.48. The average molecular weight is 383 g/mol. The maximum Gasteiger partial charge on any atom is 0.244 e. The Morgan fingerprint density at radius 1 is 1.60 bits per heavy atom. The number of halogens is 1. The van der Waals surface area contributed by atoms with Gasteiger partial charge in [0.25, 0.3) is 0 Å². The van der Waals surface area contributed by atoms with Gasteiger partial charge in [-0.3, -0.25) is 14.1 Å². The minimum Gasteiger partial charge on any atom is -0.374 e. The van der Waals surface area contributed by atoms with Crippen LogP contribution in [-0.4, -0.2) is 59.1 Å². The summed E-state index contributed by atoms with van der Waals surface area (Å²) in [6, 6.07) is 0. The Hall–Kier alpha value is -1.41. The van der Waals surface area contributed by atoms with Gasteiger partial charge >= 0.3 is 0 Å². The number of hydrogen-bond donors (Lipinski definition) is 1. The van der Waals surface area contributed by atoms with Gasteiger partial charge in [0.15, 0.2) is 10.1 Å². The topological polar surface area (TPSA) is 58.9 Å². The highest BCUT2D eigenvalue weighted by Gasteiger charge is 2.21. The number of nitrogens with one attached hydrogen (secondary N) is 1. The number of amides is 1. The number of thiazole rings is 1. The Bertz CT molecular complexity index is 755. The van der Waals surface area contributed by atoms with Crippen molar-refractivity contribution in [1.29, 1.82) is 0 Å². The van der Waals surface area contributed by atoms with Crippen molar-refractivity contribution >= 4 is 39.9 Å². The first-order valence-corrected chi connectivity index (χ1v) is 9.69. The van der Waals surface area contributed by atoms with Crippen LogP contribution in [0.2, 0.25) is 5.15 Å². The van der Waals surface area contributed by atoms with E-state index in [1.807, 2.05) is 16.0 Å². The van der Waals surface area contributed by atoms with Crippen molar-refractivity contribution in [3.8, 4) is 0 Å². The van der Waals surface area contributed by atoms with E-state index in [1.165, 1.54) is 17.4 Å². The smallest absolute Gasteiger partial charge is 0.244 e. The summed E-state index contributed by atoms with van der Waals surface area (Å²) in [6.45, 7) is 8.51. The standard InChI is InChI=1S/C17H23ClN4O2S/c1-12(2)10-21-5-7-24-13(11-21)9-19-15(23)4-3-14-16(18)20-17-22(14)6-8-25-17/h3-4,6,8,12-13H,5,7,9-11H2,1-2H3,(H,19,23)/b4-3+. The molecule has 0 bridgehead atoms. The van der Waals surface area contributed by atoms with Crippen LogP contribution in [0.5, 0.6) is 0 Å². The molecule has 1 aliphatic heterocycles. The van der Waals surface area contributed by atoms with E-state index in [4.69, 9.17) is 16.3 Å². The zero-order valence-electron chi connectivity index (χ0n) is 14.4. The van der Waals surface area contributed by atoms with E-state index in [9.17, 15) is 4.79 Å². The summed E-state index contributed by atoms with van der Waals surface area (Å²) < 4.78 is 7.61. The first kappa shape index (κ1) is 18.4. The number of rotatable bonds is 6. The van der Waals surface area contributed by atoms with Crippen molar-refractivity contribution < 1.29 is 9.53 Å². The van der Waals surface area contributed by atoms with Crippen molar-refractivity contribution in [2.45, 2.75) is 20.0 Å². The van der Waals surface area contributed by atoms with Crippen LogP contribution in [0.1, 0.15) is 19.5 Å². The normalized spacial score (nSPS) is 19.3. The van der Waals surface area contributed by atoms with Gasteiger partial charge in [0.05, 0.1) is 18.4 Å². The van der Waals surface area contributed by atoms with Crippen LogP contribution in [-0.2, 0) is 9.53 Å². The molecule has 1 fully saturated rings. The molecule has 1 amide bonds. The number of hydrogen-bond acceptors (Lipinski definition) is 5. The Labute approximate surface area is 156 Å². The van der Waals surface area contributed by atoms with Crippen molar-refractivity contribution in [2.24, 2.45) is 5.92 Å². The van der Waals surface area contributed by atoms with E-state index in [-0.39, 0.29) is 12.0 Å². The molecule has 2 aromatic heterocycles. The van der Waals surface area contributed by atoms with Gasteiger partial charge in [-0.15, -0.1) is 11.3 Å². The summed E-state index contributed by atoms with van der Waals surface area (Å²) in [4.78, 5) is 19.5. The second-order valence-electron chi connectivity index (χ2n) is 6.57. The van der Waals surface area contributed by atoms with E-state index in [0.717, 1.165) is 24.6 Å². The minimum absolute atomic E-state index is 0.0342. The molecule has 0 aromatic carbocycles. The third-order valence-corrected chi connectivity index (χ3v) is 5.03. The van der Waals surface area contributed by atoms with Gasteiger partial charge in [-0.05, 0) is 12.0 Å². The van der Waals surface area contributed by atoms with Crippen LogP contribution in [0.3, 0.4) is 0 Å². The molecule has 136 valence electrons. The van der Waals surface area contributed by atoms with Crippen LogP contribution < -0.4 is 5.32 Å². The zero-order valence-corrected chi connectivity index (χ0v) is 16.0. The number of morpholine rings is 1. The summed E-state index contributed by atoms with van der Waals surface area (Å²) in [6.07, 6.45) is 5.10. The number of carbonyl (C=O) groups excluding carboxylic acids is 1. The fourth-order valence-electron chi connectivity index (χ4n) is 2.94. The van der Waals surface area contributed by atoms with Gasteiger partial charge in [0.1, 0.15) is 0 Å². The van der Waals surface area contributed by atoms with Gasteiger partial charge < -0.3 is 10.1 Å². The van der Waals surface area contributed by atoms with Crippen molar-refractivity contribution in [3.05, 3.63) is 28.5 Å². The summed E-state index contributed by atoms with van der Waals surface area (Å²) >= 11 is 7.62. The first-order valence-electron chi connectivity index (χ1n) is 8.44. The van der Waals surface area contributed by atoms with Gasteiger partial charge in [-0.1, -0.05) is 25.4 Å². The van der Waals surface area contributed by atoms with Gasteiger partial charge in [0.2, 0.25) is 5.91 Å². The van der Waals surface area contributed by atoms with E-state index in [1.54, 1.807) is 6.08 Å². The van der Waals surface area contributed by atoms with E-state index in [2.05, 4.69) is 29.0 Å². The highest BCUT2D eigenvalue weighted by molar-refractivity contribution is 7.15. The maximum absolute atomic E-state index is 12.1. The monoisotopic (exact) mass is 382 g/mol. The summed E-state index contributed by atoms with van der Waals surface area (Å²) in [5.41, 5.74) is 0.713. The third-order valence-electron chi connectivity index (χ3n) is 4.00. The number of fused-ring (bicyclic) bond motifs is 1. The Morgan fingerprint density at radius 2 is 2.44 bits per heavy atom. The minimum atomic E-state index is -0.161. The first-order chi connectivity index (χ1) is 12.0. The van der Waals surface area contributed by atoms with Crippen molar-refractivity contribution in [1.82, 2.24) is 19.6 Å². The molecule has 6 nitrogen and oxygen atoms in total. The third kappa shape index (κ3) is 4.82. The van der Waals surface area contributed by atoms with Crippen LogP contribution in [0.4, 0.5) is 0 Å². The number of nitrogens with zero attached hydrogens (tertiary/aromatic N) is 3. The molecule has 8 heteroatoms. The van der Waals surface area contributed by atoms with Gasteiger partial charge in [0, 0.05) is 43.8 Å². The van der Waals surface area contributed by atoms with Crippen molar-refractivity contribution in [3.63, 3.8) is 0 Å². The zero-order chi connectivity index (χ0) is 17.8. The fourth-order valence-corrected chi connectivity index (χ4v) is 3.95. The predicted molar refractivity (Wildman–Crippen MR) is 101 cm³/mol. The molecule has 0 spiro atoms. The molecular formula is C17H23ClN4O2S. The Balaban J connectivity index is 1.51. The second-order valence-corrected chi connectivity index (χ2v) is 7.80. The van der Waals surface area contributed by atoms with E-state index in [0.29, 0.717) is 29.9 Å². The molecule has 0 aliphatic carbocycles. The molecule has 1 aliphatic rings. The largest absolute Gasteiger partial charge is 0.374 e. The van der Waals surface area contributed by atoms with Crippen LogP contribution in [0.15, 0.2) is 17.7 Å². The molecule has 0 radical (unpaired) electrons. The lowest BCUT2D eigenvalue weighted by atomic mass is 10.2. The number of ether oxygens (including phenoxy) is 1. The number of carbonyl (C=O) groups is 1. The Kier molecular flexibility index (Phi) is 6.11. The number of aromatic nitrogens is 2. The molecule has 1 unspecified atom stereocenters. The molecule has 2 aromatic rings. The van der Waals surface area contributed by atoms with Crippen LogP contribution >= 0.6 is 22.9 Å². The maximum atomic E-state index is 12.1. The summed E-state index contributed by atoms with van der Waals surface area (Å²) in [7, 11) is 0. The van der Waals surface area contributed by atoms with Gasteiger partial charge in [-0.25, -0.2) is 4.98 Å². The summed E-state index contributed by atoms with van der Waals surface area (Å²) in [5, 5.41) is 5.23. The van der Waals surface area contributed by atoms with E-state index >= 15 is 0 Å². The average Bonchev–Trinajstić information content (AvgIpc) is 3.11. The molecular weight excluding hydrogens is 360 g/mol. The van der Waals surface area contributed by atoms with Crippen LogP contribution in [0, 0.1) is 5.92 Å². The lowest BCUT2D eigenvalue weighted by molar-refractivity contribution is -0.117. The quantitative estimate of drug-likeness (QED) is 0.780. The molecule has 25 heavy (non-hydrogen) atoms. The molecule has 0 saturated carbocycles. The Morgan fingerprint density at radius 3 is 3.24 bits per heavy atom. The highest BCUT2D eigenvalue weighted by Crippen LogP contribution is 2.22. The molecule has 3 heterocycles.